The zero-order chi connectivity index (χ0) is 18.6. The molecule has 2 aromatic carbocycles. The number of aromatic nitrogens is 2. The van der Waals surface area contributed by atoms with Crippen LogP contribution in [0.1, 0.15) is 18.4 Å². The van der Waals surface area contributed by atoms with Gasteiger partial charge >= 0.3 is 0 Å². The van der Waals surface area contributed by atoms with Gasteiger partial charge in [0.2, 0.25) is 5.95 Å². The topological polar surface area (TPSA) is 33.1 Å². The number of anilines is 1. The van der Waals surface area contributed by atoms with Crippen LogP contribution in [-0.2, 0) is 6.54 Å². The number of hydrogen-bond donors (Lipinski definition) is 1. The summed E-state index contributed by atoms with van der Waals surface area (Å²) in [5.41, 5.74) is 3.12. The molecule has 0 unspecified atom stereocenters. The molecule has 1 N–H and O–H groups in total. The molecule has 27 heavy (non-hydrogen) atoms. The fraction of sp³-hybridized carbons (Fsp3) is 0.381. The number of imidazole rings is 1. The second kappa shape index (κ2) is 8.28. The van der Waals surface area contributed by atoms with Gasteiger partial charge in [0.15, 0.2) is 0 Å². The van der Waals surface area contributed by atoms with Crippen molar-refractivity contribution in [2.75, 3.05) is 30.8 Å². The minimum Gasteiger partial charge on any atom is -0.353 e. The van der Waals surface area contributed by atoms with E-state index in [0.29, 0.717) is 18.5 Å². The molecule has 0 saturated carbocycles. The molecule has 0 aliphatic carbocycles. The van der Waals surface area contributed by atoms with E-state index in [1.807, 2.05) is 30.3 Å². The first-order valence-electron chi connectivity index (χ1n) is 9.47. The summed E-state index contributed by atoms with van der Waals surface area (Å²) < 4.78 is 15.4. The summed E-state index contributed by atoms with van der Waals surface area (Å²) in [6, 6.07) is 15.2. The predicted octanol–water partition coefficient (Wildman–Crippen LogP) is 4.34. The molecular formula is C21H24ClFN4. The van der Waals surface area contributed by atoms with E-state index in [1.165, 1.54) is 12.1 Å². The van der Waals surface area contributed by atoms with Crippen molar-refractivity contribution in [2.45, 2.75) is 25.4 Å². The van der Waals surface area contributed by atoms with E-state index in [-0.39, 0.29) is 5.82 Å². The SMILES string of the molecule is Fc1ccc(Cn2c(NC3CCN(CCCl)CC3)nc3ccccc32)cc1. The average molecular weight is 387 g/mol. The predicted molar refractivity (Wildman–Crippen MR) is 109 cm³/mol. The molecule has 1 aromatic heterocycles. The second-order valence-corrected chi connectivity index (χ2v) is 7.46. The van der Waals surface area contributed by atoms with Crippen molar-refractivity contribution in [1.29, 1.82) is 0 Å². The van der Waals surface area contributed by atoms with Crippen LogP contribution in [0.3, 0.4) is 0 Å². The molecule has 0 radical (unpaired) electrons. The quantitative estimate of drug-likeness (QED) is 0.640. The molecule has 4 nitrogen and oxygen atoms in total. The molecule has 1 fully saturated rings. The van der Waals surface area contributed by atoms with Gasteiger partial charge in [-0.25, -0.2) is 9.37 Å². The summed E-state index contributed by atoms with van der Waals surface area (Å²) in [4.78, 5) is 7.23. The van der Waals surface area contributed by atoms with Gasteiger partial charge in [-0.2, -0.15) is 0 Å². The lowest BCUT2D eigenvalue weighted by atomic mass is 10.1. The summed E-state index contributed by atoms with van der Waals surface area (Å²) in [5.74, 6) is 1.36. The van der Waals surface area contributed by atoms with Crippen LogP contribution in [0.2, 0.25) is 0 Å². The van der Waals surface area contributed by atoms with E-state index in [9.17, 15) is 4.39 Å². The molecular weight excluding hydrogens is 363 g/mol. The fourth-order valence-electron chi connectivity index (χ4n) is 3.72. The molecule has 142 valence electrons. The van der Waals surface area contributed by atoms with Gasteiger partial charge in [-0.05, 0) is 42.7 Å². The number of halogens is 2. The van der Waals surface area contributed by atoms with Crippen molar-refractivity contribution in [2.24, 2.45) is 0 Å². The third-order valence-corrected chi connectivity index (χ3v) is 5.40. The number of benzene rings is 2. The maximum atomic E-state index is 13.2. The summed E-state index contributed by atoms with van der Waals surface area (Å²) in [6.07, 6.45) is 2.16. The second-order valence-electron chi connectivity index (χ2n) is 7.09. The van der Waals surface area contributed by atoms with Crippen molar-refractivity contribution >= 4 is 28.6 Å². The first-order chi connectivity index (χ1) is 13.2. The molecule has 0 spiro atoms. The van der Waals surface area contributed by atoms with Crippen molar-refractivity contribution in [3.05, 3.63) is 59.9 Å². The van der Waals surface area contributed by atoms with E-state index in [1.54, 1.807) is 0 Å². The lowest BCUT2D eigenvalue weighted by molar-refractivity contribution is 0.230. The number of likely N-dealkylation sites (tertiary alicyclic amines) is 1. The lowest BCUT2D eigenvalue weighted by Gasteiger charge is -2.32. The van der Waals surface area contributed by atoms with Gasteiger partial charge in [0.1, 0.15) is 5.82 Å². The van der Waals surface area contributed by atoms with E-state index < -0.39 is 0 Å². The summed E-state index contributed by atoms with van der Waals surface area (Å²) in [6.45, 7) is 3.73. The van der Waals surface area contributed by atoms with Gasteiger partial charge in [0, 0.05) is 31.6 Å². The van der Waals surface area contributed by atoms with Gasteiger partial charge in [0.25, 0.3) is 0 Å². The van der Waals surface area contributed by atoms with Crippen molar-refractivity contribution in [3.8, 4) is 0 Å². The average Bonchev–Trinajstić information content (AvgIpc) is 3.02. The smallest absolute Gasteiger partial charge is 0.204 e. The summed E-state index contributed by atoms with van der Waals surface area (Å²) >= 11 is 5.86. The van der Waals surface area contributed by atoms with E-state index >= 15 is 0 Å². The number of rotatable bonds is 6. The van der Waals surface area contributed by atoms with Gasteiger partial charge in [-0.3, -0.25) is 0 Å². The minimum absolute atomic E-state index is 0.212. The third kappa shape index (κ3) is 4.25. The van der Waals surface area contributed by atoms with E-state index in [4.69, 9.17) is 16.6 Å². The highest BCUT2D eigenvalue weighted by molar-refractivity contribution is 6.18. The van der Waals surface area contributed by atoms with Crippen LogP contribution in [0.4, 0.5) is 10.3 Å². The van der Waals surface area contributed by atoms with Crippen molar-refractivity contribution < 1.29 is 4.39 Å². The Kier molecular flexibility index (Phi) is 5.60. The maximum Gasteiger partial charge on any atom is 0.204 e. The summed E-state index contributed by atoms with van der Waals surface area (Å²) in [5, 5.41) is 3.65. The normalized spacial score (nSPS) is 16.1. The standard InChI is InChI=1S/C21H24ClFN4/c22-11-14-26-12-9-18(10-13-26)24-21-25-19-3-1-2-4-20(19)27(21)15-16-5-7-17(23)8-6-16/h1-8,18H,9-15H2,(H,24,25). The molecule has 0 bridgehead atoms. The zero-order valence-corrected chi connectivity index (χ0v) is 16.0. The highest BCUT2D eigenvalue weighted by Crippen LogP contribution is 2.24. The van der Waals surface area contributed by atoms with E-state index in [0.717, 1.165) is 55.0 Å². The Balaban J connectivity index is 1.56. The Labute approximate surface area is 164 Å². The highest BCUT2D eigenvalue weighted by atomic mass is 35.5. The van der Waals surface area contributed by atoms with Gasteiger partial charge in [-0.1, -0.05) is 24.3 Å². The fourth-order valence-corrected chi connectivity index (χ4v) is 3.96. The first kappa shape index (κ1) is 18.3. The van der Waals surface area contributed by atoms with Crippen molar-refractivity contribution in [1.82, 2.24) is 14.5 Å². The molecule has 3 aromatic rings. The van der Waals surface area contributed by atoms with Gasteiger partial charge in [0.05, 0.1) is 17.6 Å². The molecule has 4 rings (SSSR count). The molecule has 0 amide bonds. The molecule has 6 heteroatoms. The number of para-hydroxylation sites is 2. The minimum atomic E-state index is -0.212. The lowest BCUT2D eigenvalue weighted by Crippen LogP contribution is -2.40. The number of alkyl halides is 1. The molecule has 1 aliphatic rings. The Hall–Kier alpha value is -2.11. The number of nitrogens with one attached hydrogen (secondary N) is 1. The Bertz CT molecular complexity index is 885. The molecule has 0 atom stereocenters. The largest absolute Gasteiger partial charge is 0.353 e. The number of nitrogens with zero attached hydrogens (tertiary/aromatic N) is 3. The number of hydrogen-bond acceptors (Lipinski definition) is 3. The van der Waals surface area contributed by atoms with Crippen molar-refractivity contribution in [3.63, 3.8) is 0 Å². The van der Waals surface area contributed by atoms with Crippen LogP contribution in [0, 0.1) is 5.82 Å². The highest BCUT2D eigenvalue weighted by Gasteiger charge is 2.21. The molecule has 1 saturated heterocycles. The third-order valence-electron chi connectivity index (χ3n) is 5.23. The number of piperidine rings is 1. The zero-order valence-electron chi connectivity index (χ0n) is 15.2. The molecule has 1 aliphatic heterocycles. The van der Waals surface area contributed by atoms with Crippen LogP contribution in [0.15, 0.2) is 48.5 Å². The van der Waals surface area contributed by atoms with E-state index in [2.05, 4.69) is 20.9 Å². The van der Waals surface area contributed by atoms with Crippen LogP contribution < -0.4 is 5.32 Å². The Morgan fingerprint density at radius 1 is 1.07 bits per heavy atom. The van der Waals surface area contributed by atoms with Crippen LogP contribution in [0.25, 0.3) is 11.0 Å². The molecule has 2 heterocycles. The number of fused-ring (bicyclic) bond motifs is 1. The van der Waals surface area contributed by atoms with Crippen LogP contribution >= 0.6 is 11.6 Å². The monoisotopic (exact) mass is 386 g/mol. The first-order valence-corrected chi connectivity index (χ1v) is 10.0. The van der Waals surface area contributed by atoms with Gasteiger partial charge in [-0.15, -0.1) is 11.6 Å². The van der Waals surface area contributed by atoms with Crippen LogP contribution in [-0.4, -0.2) is 46.0 Å². The summed E-state index contributed by atoms with van der Waals surface area (Å²) in [7, 11) is 0. The Morgan fingerprint density at radius 3 is 2.56 bits per heavy atom. The van der Waals surface area contributed by atoms with Crippen LogP contribution in [0.5, 0.6) is 0 Å². The van der Waals surface area contributed by atoms with Gasteiger partial charge < -0.3 is 14.8 Å². The Morgan fingerprint density at radius 2 is 1.81 bits per heavy atom. The maximum absolute atomic E-state index is 13.2.